The Hall–Kier alpha value is -3.39. The van der Waals surface area contributed by atoms with E-state index in [1.54, 1.807) is 30.3 Å². The van der Waals surface area contributed by atoms with Gasteiger partial charge in [0.05, 0.1) is 29.4 Å². The highest BCUT2D eigenvalue weighted by Gasteiger charge is 2.14. The topological polar surface area (TPSA) is 75.0 Å². The van der Waals surface area contributed by atoms with Gasteiger partial charge in [0.2, 0.25) is 0 Å². The summed E-state index contributed by atoms with van der Waals surface area (Å²) in [6.07, 6.45) is 0. The normalized spacial score (nSPS) is 10.2. The number of nitrogens with one attached hydrogen (secondary N) is 1. The predicted molar refractivity (Wildman–Crippen MR) is 92.3 cm³/mol. The number of nitriles is 1. The highest BCUT2D eigenvalue weighted by atomic mass is 16.5. The monoisotopic (exact) mass is 317 g/mol. The number of esters is 1. The fourth-order valence-corrected chi connectivity index (χ4v) is 2.47. The Morgan fingerprint density at radius 3 is 2.75 bits per heavy atom. The molecule has 1 heterocycles. The summed E-state index contributed by atoms with van der Waals surface area (Å²) in [7, 11) is 1.33. The fraction of sp³-hybridized carbons (Fsp3) is 0.105. The minimum atomic E-state index is -0.451. The number of carbonyl (C=O) groups is 1. The molecule has 0 atom stereocenters. The van der Waals surface area contributed by atoms with Gasteiger partial charge in [-0.2, -0.15) is 5.26 Å². The van der Waals surface area contributed by atoms with Crippen molar-refractivity contribution in [2.45, 2.75) is 6.92 Å². The number of nitrogens with zero attached hydrogens (tertiary/aromatic N) is 2. The average Bonchev–Trinajstić information content (AvgIpc) is 2.61. The second-order valence-electron chi connectivity index (χ2n) is 5.35. The first-order valence-corrected chi connectivity index (χ1v) is 7.38. The van der Waals surface area contributed by atoms with Crippen molar-refractivity contribution in [3.05, 3.63) is 65.2 Å². The quantitative estimate of drug-likeness (QED) is 0.740. The molecule has 0 aliphatic carbocycles. The summed E-state index contributed by atoms with van der Waals surface area (Å²) in [4.78, 5) is 16.4. The van der Waals surface area contributed by atoms with Gasteiger partial charge in [-0.1, -0.05) is 24.3 Å². The smallest absolute Gasteiger partial charge is 0.339 e. The molecule has 24 heavy (non-hydrogen) atoms. The largest absolute Gasteiger partial charge is 0.465 e. The number of pyridine rings is 1. The first-order valence-electron chi connectivity index (χ1n) is 7.38. The molecule has 0 unspecified atom stereocenters. The van der Waals surface area contributed by atoms with Crippen LogP contribution in [0.1, 0.15) is 21.5 Å². The summed E-state index contributed by atoms with van der Waals surface area (Å²) in [5.74, 6) is -0.0415. The SMILES string of the molecule is COC(=O)c1ccccc1Nc1nc2cc(C)ccc2cc1C#N. The number of para-hydroxylation sites is 1. The van der Waals surface area contributed by atoms with E-state index in [0.29, 0.717) is 22.6 Å². The molecule has 0 amide bonds. The molecule has 0 saturated carbocycles. The van der Waals surface area contributed by atoms with Crippen LogP contribution in [-0.4, -0.2) is 18.1 Å². The lowest BCUT2D eigenvalue weighted by atomic mass is 10.1. The Balaban J connectivity index is 2.10. The lowest BCUT2D eigenvalue weighted by molar-refractivity contribution is 0.0602. The molecular formula is C19H15N3O2. The number of ether oxygens (including phenoxy) is 1. The van der Waals surface area contributed by atoms with Crippen molar-refractivity contribution >= 4 is 28.4 Å². The van der Waals surface area contributed by atoms with Crippen molar-refractivity contribution in [1.82, 2.24) is 4.98 Å². The molecule has 0 saturated heterocycles. The molecule has 1 aromatic heterocycles. The standard InChI is InChI=1S/C19H15N3O2/c1-12-7-8-13-10-14(11-20)18(22-17(13)9-12)21-16-6-4-3-5-15(16)19(23)24-2/h3-10H,1-2H3,(H,21,22). The number of aryl methyl sites for hydroxylation is 1. The number of methoxy groups -OCH3 is 1. The number of hydrogen-bond acceptors (Lipinski definition) is 5. The van der Waals surface area contributed by atoms with Crippen molar-refractivity contribution in [3.8, 4) is 6.07 Å². The molecule has 0 aliphatic rings. The van der Waals surface area contributed by atoms with Gasteiger partial charge in [-0.05, 0) is 36.8 Å². The summed E-state index contributed by atoms with van der Waals surface area (Å²) >= 11 is 0. The molecule has 3 aromatic rings. The second kappa shape index (κ2) is 6.39. The molecule has 0 bridgehead atoms. The van der Waals surface area contributed by atoms with E-state index in [9.17, 15) is 10.1 Å². The van der Waals surface area contributed by atoms with Crippen molar-refractivity contribution in [2.75, 3.05) is 12.4 Å². The van der Waals surface area contributed by atoms with Gasteiger partial charge in [-0.25, -0.2) is 9.78 Å². The maximum absolute atomic E-state index is 11.9. The van der Waals surface area contributed by atoms with Crippen molar-refractivity contribution < 1.29 is 9.53 Å². The minimum absolute atomic E-state index is 0.384. The highest BCUT2D eigenvalue weighted by molar-refractivity contribution is 5.96. The third kappa shape index (κ3) is 2.90. The van der Waals surface area contributed by atoms with Crippen molar-refractivity contribution in [1.29, 1.82) is 5.26 Å². The molecule has 3 rings (SSSR count). The van der Waals surface area contributed by atoms with Crippen LogP contribution in [0.15, 0.2) is 48.5 Å². The van der Waals surface area contributed by atoms with Gasteiger partial charge in [0.25, 0.3) is 0 Å². The summed E-state index contributed by atoms with van der Waals surface area (Å²) in [5, 5.41) is 13.4. The predicted octanol–water partition coefficient (Wildman–Crippen LogP) is 3.95. The first-order chi connectivity index (χ1) is 11.6. The maximum atomic E-state index is 11.9. The van der Waals surface area contributed by atoms with E-state index in [-0.39, 0.29) is 0 Å². The maximum Gasteiger partial charge on any atom is 0.339 e. The van der Waals surface area contributed by atoms with E-state index in [1.807, 2.05) is 25.1 Å². The molecule has 0 radical (unpaired) electrons. The zero-order valence-electron chi connectivity index (χ0n) is 13.3. The van der Waals surface area contributed by atoms with E-state index in [1.165, 1.54) is 7.11 Å². The van der Waals surface area contributed by atoms with Crippen molar-refractivity contribution in [3.63, 3.8) is 0 Å². The van der Waals surface area contributed by atoms with Crippen LogP contribution in [0.4, 0.5) is 11.5 Å². The Morgan fingerprint density at radius 2 is 2.00 bits per heavy atom. The third-order valence-electron chi connectivity index (χ3n) is 3.68. The summed E-state index contributed by atoms with van der Waals surface area (Å²) in [6.45, 7) is 1.99. The van der Waals surface area contributed by atoms with E-state index < -0.39 is 5.97 Å². The first kappa shape index (κ1) is 15.5. The summed E-state index contributed by atoms with van der Waals surface area (Å²) < 4.78 is 4.79. The van der Waals surface area contributed by atoms with Crippen LogP contribution in [0, 0.1) is 18.3 Å². The number of carbonyl (C=O) groups excluding carboxylic acids is 1. The molecule has 2 aromatic carbocycles. The van der Waals surface area contributed by atoms with Crippen LogP contribution in [0.25, 0.3) is 10.9 Å². The van der Waals surface area contributed by atoms with Crippen LogP contribution >= 0.6 is 0 Å². The van der Waals surface area contributed by atoms with Crippen LogP contribution in [0.2, 0.25) is 0 Å². The molecule has 0 aliphatic heterocycles. The molecule has 0 spiro atoms. The lowest BCUT2D eigenvalue weighted by Crippen LogP contribution is -2.07. The van der Waals surface area contributed by atoms with E-state index in [4.69, 9.17) is 4.74 Å². The molecule has 118 valence electrons. The Morgan fingerprint density at radius 1 is 1.21 bits per heavy atom. The Labute approximate surface area is 139 Å². The minimum Gasteiger partial charge on any atom is -0.465 e. The summed E-state index contributed by atoms with van der Waals surface area (Å²) in [5.41, 5.74) is 3.20. The lowest BCUT2D eigenvalue weighted by Gasteiger charge is -2.12. The number of aromatic nitrogens is 1. The average molecular weight is 317 g/mol. The van der Waals surface area contributed by atoms with Gasteiger partial charge in [0.15, 0.2) is 0 Å². The van der Waals surface area contributed by atoms with Gasteiger partial charge in [0.1, 0.15) is 11.9 Å². The summed E-state index contributed by atoms with van der Waals surface area (Å²) in [6, 6.07) is 16.7. The van der Waals surface area contributed by atoms with E-state index >= 15 is 0 Å². The zero-order valence-corrected chi connectivity index (χ0v) is 13.3. The second-order valence-corrected chi connectivity index (χ2v) is 5.35. The van der Waals surface area contributed by atoms with Gasteiger partial charge in [0, 0.05) is 5.39 Å². The van der Waals surface area contributed by atoms with E-state index in [0.717, 1.165) is 16.5 Å². The van der Waals surface area contributed by atoms with E-state index in [2.05, 4.69) is 16.4 Å². The Bertz CT molecular complexity index is 974. The van der Waals surface area contributed by atoms with Gasteiger partial charge in [-0.3, -0.25) is 0 Å². The van der Waals surface area contributed by atoms with Crippen LogP contribution < -0.4 is 5.32 Å². The number of hydrogen-bond donors (Lipinski definition) is 1. The number of fused-ring (bicyclic) bond motifs is 1. The number of rotatable bonds is 3. The van der Waals surface area contributed by atoms with Crippen LogP contribution in [0.3, 0.4) is 0 Å². The zero-order chi connectivity index (χ0) is 17.1. The molecular weight excluding hydrogens is 302 g/mol. The molecule has 1 N–H and O–H groups in total. The van der Waals surface area contributed by atoms with Crippen LogP contribution in [-0.2, 0) is 4.74 Å². The van der Waals surface area contributed by atoms with Gasteiger partial charge < -0.3 is 10.1 Å². The fourth-order valence-electron chi connectivity index (χ4n) is 2.47. The van der Waals surface area contributed by atoms with Gasteiger partial charge in [-0.15, -0.1) is 0 Å². The molecule has 5 heteroatoms. The highest BCUT2D eigenvalue weighted by Crippen LogP contribution is 2.26. The van der Waals surface area contributed by atoms with Crippen LogP contribution in [0.5, 0.6) is 0 Å². The Kier molecular flexibility index (Phi) is 4.13. The molecule has 5 nitrogen and oxygen atoms in total. The number of anilines is 2. The number of benzene rings is 2. The molecule has 0 fully saturated rings. The third-order valence-corrected chi connectivity index (χ3v) is 3.68. The van der Waals surface area contributed by atoms with Gasteiger partial charge >= 0.3 is 5.97 Å². The van der Waals surface area contributed by atoms with Crippen molar-refractivity contribution in [2.24, 2.45) is 0 Å².